The zero-order valence-corrected chi connectivity index (χ0v) is 40.1. The van der Waals surface area contributed by atoms with E-state index in [1.807, 2.05) is 0 Å². The van der Waals surface area contributed by atoms with Crippen LogP contribution in [0, 0.1) is 5.92 Å². The molecular weight excluding hydrogens is 771 g/mol. The van der Waals surface area contributed by atoms with Crippen molar-refractivity contribution in [1.82, 2.24) is 5.32 Å². The first-order valence-corrected chi connectivity index (χ1v) is 26.2. The van der Waals surface area contributed by atoms with Gasteiger partial charge >= 0.3 is 0 Å². The minimum atomic E-state index is -1.94. The van der Waals surface area contributed by atoms with E-state index in [1.165, 1.54) is 180 Å². The highest BCUT2D eigenvalue weighted by atomic mass is 16.6. The number of aliphatic hydroxyl groups is 7. The van der Waals surface area contributed by atoms with Gasteiger partial charge in [0.15, 0.2) is 6.29 Å². The van der Waals surface area contributed by atoms with E-state index in [0.29, 0.717) is 12.8 Å². The Labute approximate surface area is 375 Å². The topological polar surface area (TPSA) is 180 Å². The van der Waals surface area contributed by atoms with E-state index in [-0.39, 0.29) is 12.3 Å². The Bertz CT molecular complexity index is 913. The molecule has 10 nitrogen and oxygen atoms in total. The van der Waals surface area contributed by atoms with Gasteiger partial charge in [-0.3, -0.25) is 4.79 Å². The van der Waals surface area contributed by atoms with Crippen LogP contribution < -0.4 is 5.32 Å². The fourth-order valence-corrected chi connectivity index (χ4v) is 8.33. The lowest BCUT2D eigenvalue weighted by Crippen LogP contribution is -2.53. The standard InChI is InChI=1S/C51H103NO9/c1-4-6-8-10-12-14-16-18-19-20-21-22-23-24-25-26-27-28-30-32-34-36-38-40-46(55)52-44(42-61-51(60)50(59)49(58)47(56)43(3)41-53)48(57)45(54)39-37-35-33-31-29-17-15-13-11-9-7-5-2/h43-45,47-51,53-54,56-60H,4-42H2,1-3H3,(H,52,55)/t43?,44-,45+,47?,48-,49?,50?,51?/m0/s1. The molecule has 0 aliphatic carbocycles. The molecule has 0 aromatic rings. The first kappa shape index (κ1) is 60.2. The van der Waals surface area contributed by atoms with E-state index in [2.05, 4.69) is 19.2 Å². The van der Waals surface area contributed by atoms with Crippen LogP contribution in [0.25, 0.3) is 0 Å². The molecule has 0 aliphatic heterocycles. The highest BCUT2D eigenvalue weighted by Crippen LogP contribution is 2.19. The molecule has 0 radical (unpaired) electrons. The first-order chi connectivity index (χ1) is 29.6. The molecule has 0 aliphatic rings. The van der Waals surface area contributed by atoms with Crippen molar-refractivity contribution in [2.75, 3.05) is 13.2 Å². The minimum Gasteiger partial charge on any atom is -0.396 e. The third kappa shape index (κ3) is 36.1. The van der Waals surface area contributed by atoms with Gasteiger partial charge in [0.2, 0.25) is 5.91 Å². The molecule has 8 atom stereocenters. The zero-order chi connectivity index (χ0) is 45.2. The van der Waals surface area contributed by atoms with E-state index in [1.54, 1.807) is 0 Å². The van der Waals surface area contributed by atoms with Crippen molar-refractivity contribution >= 4 is 5.91 Å². The summed E-state index contributed by atoms with van der Waals surface area (Å²) in [6.07, 6.45) is 35.1. The number of hydrogen-bond donors (Lipinski definition) is 8. The van der Waals surface area contributed by atoms with E-state index >= 15 is 0 Å². The average Bonchev–Trinajstić information content (AvgIpc) is 3.26. The third-order valence-electron chi connectivity index (χ3n) is 12.8. The number of amides is 1. The maximum atomic E-state index is 13.0. The summed E-state index contributed by atoms with van der Waals surface area (Å²) in [5.41, 5.74) is 0. The number of rotatable bonds is 48. The van der Waals surface area contributed by atoms with Gasteiger partial charge in [-0.2, -0.15) is 0 Å². The summed E-state index contributed by atoms with van der Waals surface area (Å²) >= 11 is 0. The number of aliphatic hydroxyl groups excluding tert-OH is 7. The molecule has 0 bridgehead atoms. The van der Waals surface area contributed by atoms with Crippen molar-refractivity contribution in [3.63, 3.8) is 0 Å². The highest BCUT2D eigenvalue weighted by molar-refractivity contribution is 5.76. The molecule has 0 aromatic heterocycles. The molecule has 10 heteroatoms. The smallest absolute Gasteiger partial charge is 0.220 e. The number of ether oxygens (including phenoxy) is 1. The lowest BCUT2D eigenvalue weighted by Gasteiger charge is -2.31. The minimum absolute atomic E-state index is 0.256. The van der Waals surface area contributed by atoms with Crippen LogP contribution in [0.2, 0.25) is 0 Å². The Morgan fingerprint density at radius 2 is 0.770 bits per heavy atom. The van der Waals surface area contributed by atoms with Crippen molar-refractivity contribution in [1.29, 1.82) is 0 Å². The molecule has 1 amide bonds. The Kier molecular flexibility index (Phi) is 43.7. The maximum absolute atomic E-state index is 13.0. The monoisotopic (exact) mass is 874 g/mol. The summed E-state index contributed by atoms with van der Waals surface area (Å²) in [7, 11) is 0. The van der Waals surface area contributed by atoms with Gasteiger partial charge < -0.3 is 45.8 Å². The van der Waals surface area contributed by atoms with Crippen molar-refractivity contribution in [3.05, 3.63) is 0 Å². The Morgan fingerprint density at radius 1 is 0.443 bits per heavy atom. The molecular formula is C51H103NO9. The summed E-state index contributed by atoms with van der Waals surface area (Å²) in [6, 6.07) is -1.07. The van der Waals surface area contributed by atoms with Crippen LogP contribution in [0.4, 0.5) is 0 Å². The van der Waals surface area contributed by atoms with Crippen LogP contribution in [0.15, 0.2) is 0 Å². The third-order valence-corrected chi connectivity index (χ3v) is 12.8. The molecule has 5 unspecified atom stereocenters. The van der Waals surface area contributed by atoms with Gasteiger partial charge in [-0.05, 0) is 12.8 Å². The fourth-order valence-electron chi connectivity index (χ4n) is 8.33. The van der Waals surface area contributed by atoms with E-state index in [9.17, 15) is 40.5 Å². The van der Waals surface area contributed by atoms with Gasteiger partial charge in [0.1, 0.15) is 18.3 Å². The molecule has 0 saturated carbocycles. The summed E-state index contributed by atoms with van der Waals surface area (Å²) < 4.78 is 5.38. The number of carbonyl (C=O) groups is 1. The van der Waals surface area contributed by atoms with Crippen LogP contribution in [0.5, 0.6) is 0 Å². The van der Waals surface area contributed by atoms with Crippen LogP contribution >= 0.6 is 0 Å². The molecule has 366 valence electrons. The summed E-state index contributed by atoms with van der Waals surface area (Å²) in [6.45, 7) is 5.13. The van der Waals surface area contributed by atoms with Crippen molar-refractivity contribution < 1.29 is 45.3 Å². The number of hydrogen-bond acceptors (Lipinski definition) is 9. The second-order valence-electron chi connectivity index (χ2n) is 18.8. The predicted octanol–water partition coefficient (Wildman–Crippen LogP) is 10.7. The van der Waals surface area contributed by atoms with E-state index in [0.717, 1.165) is 44.9 Å². The number of carbonyl (C=O) groups excluding carboxylic acids is 1. The SMILES string of the molecule is CCCCCCCCCCCCCCCCCCCCCCCCCC(=O)N[C@@H](COC(O)C(O)C(O)C(O)C(C)CO)[C@H](O)[C@H](O)CCCCCCCCCCCCCC. The predicted molar refractivity (Wildman–Crippen MR) is 252 cm³/mol. The van der Waals surface area contributed by atoms with Crippen molar-refractivity contribution in [2.45, 2.75) is 301 Å². The molecule has 0 fully saturated rings. The number of unbranched alkanes of at least 4 members (excludes halogenated alkanes) is 33. The Morgan fingerprint density at radius 3 is 1.11 bits per heavy atom. The second-order valence-corrected chi connectivity index (χ2v) is 18.8. The molecule has 8 N–H and O–H groups in total. The Balaban J connectivity index is 4.39. The summed E-state index contributed by atoms with van der Waals surface area (Å²) in [5, 5.41) is 75.4. The molecule has 0 aromatic carbocycles. The largest absolute Gasteiger partial charge is 0.396 e. The first-order valence-electron chi connectivity index (χ1n) is 26.2. The lowest BCUT2D eigenvalue weighted by molar-refractivity contribution is -0.212. The van der Waals surface area contributed by atoms with E-state index < -0.39 is 62.0 Å². The maximum Gasteiger partial charge on any atom is 0.220 e. The van der Waals surface area contributed by atoms with Crippen LogP contribution in [0.1, 0.15) is 258 Å². The molecule has 0 spiro atoms. The molecule has 0 saturated heterocycles. The number of nitrogens with one attached hydrogen (secondary N) is 1. The van der Waals surface area contributed by atoms with Crippen molar-refractivity contribution in [2.24, 2.45) is 5.92 Å². The highest BCUT2D eigenvalue weighted by Gasteiger charge is 2.35. The normalized spacial score (nSPS) is 15.9. The van der Waals surface area contributed by atoms with Gasteiger partial charge in [-0.1, -0.05) is 239 Å². The zero-order valence-electron chi connectivity index (χ0n) is 40.1. The molecule has 0 heterocycles. The molecule has 61 heavy (non-hydrogen) atoms. The lowest BCUT2D eigenvalue weighted by atomic mass is 9.96. The van der Waals surface area contributed by atoms with Crippen LogP contribution in [-0.4, -0.2) is 97.7 Å². The van der Waals surface area contributed by atoms with Gasteiger partial charge in [0.25, 0.3) is 0 Å². The second kappa shape index (κ2) is 44.4. The van der Waals surface area contributed by atoms with Crippen LogP contribution in [0.3, 0.4) is 0 Å². The molecule has 0 rings (SSSR count). The quantitative estimate of drug-likeness (QED) is 0.0218. The van der Waals surface area contributed by atoms with Gasteiger partial charge in [0.05, 0.1) is 24.9 Å². The summed E-state index contributed by atoms with van der Waals surface area (Å²) in [5.74, 6) is -1.05. The van der Waals surface area contributed by atoms with Gasteiger partial charge in [0, 0.05) is 18.9 Å². The van der Waals surface area contributed by atoms with Crippen molar-refractivity contribution in [3.8, 4) is 0 Å². The van der Waals surface area contributed by atoms with Crippen LogP contribution in [-0.2, 0) is 9.53 Å². The summed E-state index contributed by atoms with van der Waals surface area (Å²) in [4.78, 5) is 13.0. The van der Waals surface area contributed by atoms with Gasteiger partial charge in [-0.25, -0.2) is 0 Å². The Hall–Kier alpha value is -0.850. The van der Waals surface area contributed by atoms with Gasteiger partial charge in [-0.15, -0.1) is 0 Å². The average molecular weight is 874 g/mol. The van der Waals surface area contributed by atoms with E-state index in [4.69, 9.17) is 4.74 Å². The fraction of sp³-hybridized carbons (Fsp3) is 0.980.